The fourth-order valence-electron chi connectivity index (χ4n) is 4.03. The molecule has 0 radical (unpaired) electrons. The smallest absolute Gasteiger partial charge is 0.280 e. The summed E-state index contributed by atoms with van der Waals surface area (Å²) >= 11 is 0. The Morgan fingerprint density at radius 1 is 1.21 bits per heavy atom. The van der Waals surface area contributed by atoms with Crippen molar-refractivity contribution < 1.29 is 8.78 Å². The molecule has 1 fully saturated rings. The summed E-state index contributed by atoms with van der Waals surface area (Å²) < 4.78 is 29.1. The Hall–Kier alpha value is -3.18. The van der Waals surface area contributed by atoms with Crippen molar-refractivity contribution in [3.63, 3.8) is 0 Å². The van der Waals surface area contributed by atoms with Gasteiger partial charge in [-0.2, -0.15) is 0 Å². The molecule has 0 bridgehead atoms. The van der Waals surface area contributed by atoms with Gasteiger partial charge in [0.2, 0.25) is 0 Å². The Bertz CT molecular complexity index is 1210. The van der Waals surface area contributed by atoms with Crippen LogP contribution in [0.15, 0.2) is 41.5 Å². The van der Waals surface area contributed by atoms with E-state index in [-0.39, 0.29) is 36.6 Å². The maximum absolute atomic E-state index is 13.8. The highest BCUT2D eigenvalue weighted by Crippen LogP contribution is 2.33. The summed E-state index contributed by atoms with van der Waals surface area (Å²) in [6.45, 7) is 0.422. The first-order chi connectivity index (χ1) is 14.0. The molecule has 0 saturated carbocycles. The molecule has 0 aliphatic carbocycles. The van der Waals surface area contributed by atoms with Crippen LogP contribution in [0.4, 0.5) is 8.78 Å². The van der Waals surface area contributed by atoms with Gasteiger partial charge < -0.3 is 0 Å². The topological polar surface area (TPSA) is 63.9 Å². The molecule has 8 heteroatoms. The number of rotatable bonds is 0. The minimum atomic E-state index is -2.70. The van der Waals surface area contributed by atoms with Crippen LogP contribution < -0.4 is 5.56 Å². The van der Waals surface area contributed by atoms with Crippen LogP contribution in [0.2, 0.25) is 0 Å². The minimum Gasteiger partial charge on any atom is -0.293 e. The molecule has 0 spiro atoms. The van der Waals surface area contributed by atoms with E-state index >= 15 is 0 Å². The SMILES string of the molecule is O=c1c2ncc(C#Cc3ccccn3)cc2nc2n1CC1CC(F)(F)CN1CC2. The van der Waals surface area contributed by atoms with Gasteiger partial charge in [0.1, 0.15) is 11.5 Å². The van der Waals surface area contributed by atoms with Crippen molar-refractivity contribution in [3.8, 4) is 11.8 Å². The number of aromatic nitrogens is 4. The standard InChI is InChI=1S/C21H17F2N5O/c22-21(23)10-16-12-28-18(6-8-27(16)13-21)26-17-9-14(11-25-19(17)20(28)29)4-5-15-3-1-2-7-24-15/h1-3,7,9,11,16H,6,8,10,12-13H2. The van der Waals surface area contributed by atoms with Crippen LogP contribution in [-0.2, 0) is 13.0 Å². The van der Waals surface area contributed by atoms with Crippen LogP contribution in [-0.4, -0.2) is 49.5 Å². The Labute approximate surface area is 165 Å². The van der Waals surface area contributed by atoms with Gasteiger partial charge in [-0.3, -0.25) is 14.3 Å². The average Bonchev–Trinajstić information content (AvgIpc) is 2.91. The number of fused-ring (bicyclic) bond motifs is 3. The largest absolute Gasteiger partial charge is 0.293 e. The summed E-state index contributed by atoms with van der Waals surface area (Å²) in [6, 6.07) is 6.86. The molecule has 2 aliphatic heterocycles. The normalized spacial score (nSPS) is 20.4. The van der Waals surface area contributed by atoms with Crippen LogP contribution in [0.1, 0.15) is 23.5 Å². The summed E-state index contributed by atoms with van der Waals surface area (Å²) in [5.74, 6) is 3.86. The molecule has 1 unspecified atom stereocenters. The van der Waals surface area contributed by atoms with Gasteiger partial charge in [0.15, 0.2) is 5.52 Å². The molecular formula is C21H17F2N5O. The third-order valence-electron chi connectivity index (χ3n) is 5.38. The quantitative estimate of drug-likeness (QED) is 0.546. The highest BCUT2D eigenvalue weighted by Gasteiger charge is 2.45. The van der Waals surface area contributed by atoms with E-state index in [0.717, 1.165) is 0 Å². The van der Waals surface area contributed by atoms with Crippen LogP contribution >= 0.6 is 0 Å². The molecule has 0 aromatic carbocycles. The van der Waals surface area contributed by atoms with Gasteiger partial charge in [-0.15, -0.1) is 0 Å². The summed E-state index contributed by atoms with van der Waals surface area (Å²) in [4.78, 5) is 27.8. The second kappa shape index (κ2) is 6.71. The van der Waals surface area contributed by atoms with E-state index in [2.05, 4.69) is 26.8 Å². The van der Waals surface area contributed by atoms with Crippen LogP contribution in [0, 0.1) is 11.8 Å². The van der Waals surface area contributed by atoms with Crippen molar-refractivity contribution >= 4 is 11.0 Å². The number of pyridine rings is 2. The Kier molecular flexibility index (Phi) is 4.14. The third kappa shape index (κ3) is 3.38. The van der Waals surface area contributed by atoms with Crippen LogP contribution in [0.25, 0.3) is 11.0 Å². The average molecular weight is 393 g/mol. The van der Waals surface area contributed by atoms with Gasteiger partial charge in [-0.05, 0) is 24.1 Å². The van der Waals surface area contributed by atoms with Gasteiger partial charge in [0, 0.05) is 49.9 Å². The number of hydrogen-bond donors (Lipinski definition) is 0. The first-order valence-electron chi connectivity index (χ1n) is 9.43. The maximum Gasteiger partial charge on any atom is 0.280 e. The van der Waals surface area contributed by atoms with E-state index in [4.69, 9.17) is 0 Å². The summed E-state index contributed by atoms with van der Waals surface area (Å²) in [7, 11) is 0. The Balaban J connectivity index is 1.52. The lowest BCUT2D eigenvalue weighted by Crippen LogP contribution is -2.34. The van der Waals surface area contributed by atoms with Gasteiger partial charge >= 0.3 is 0 Å². The van der Waals surface area contributed by atoms with E-state index in [1.54, 1.807) is 17.2 Å². The first-order valence-corrected chi connectivity index (χ1v) is 9.43. The van der Waals surface area contributed by atoms with E-state index in [9.17, 15) is 13.6 Å². The minimum absolute atomic E-state index is 0.218. The number of hydrogen-bond acceptors (Lipinski definition) is 5. The molecule has 1 saturated heterocycles. The lowest BCUT2D eigenvalue weighted by molar-refractivity contribution is 0.0118. The molecule has 3 aromatic rings. The lowest BCUT2D eigenvalue weighted by atomic mass is 10.2. The second-order valence-corrected chi connectivity index (χ2v) is 7.43. The van der Waals surface area contributed by atoms with E-state index in [1.807, 2.05) is 18.2 Å². The van der Waals surface area contributed by atoms with Gasteiger partial charge in [0.25, 0.3) is 11.5 Å². The zero-order valence-corrected chi connectivity index (χ0v) is 15.5. The van der Waals surface area contributed by atoms with Crippen molar-refractivity contribution in [1.82, 2.24) is 24.4 Å². The fraction of sp³-hybridized carbons (Fsp3) is 0.333. The summed E-state index contributed by atoms with van der Waals surface area (Å²) in [5.41, 5.74) is 1.69. The Morgan fingerprint density at radius 3 is 2.93 bits per heavy atom. The Morgan fingerprint density at radius 2 is 2.10 bits per heavy atom. The van der Waals surface area contributed by atoms with E-state index in [1.165, 1.54) is 10.8 Å². The number of nitrogens with zero attached hydrogens (tertiary/aromatic N) is 5. The molecule has 6 nitrogen and oxygen atoms in total. The molecule has 5 rings (SSSR count). The molecule has 2 aliphatic rings. The van der Waals surface area contributed by atoms with Gasteiger partial charge in [0.05, 0.1) is 12.1 Å². The highest BCUT2D eigenvalue weighted by atomic mass is 19.3. The maximum atomic E-state index is 13.8. The molecule has 1 atom stereocenters. The molecule has 29 heavy (non-hydrogen) atoms. The van der Waals surface area contributed by atoms with Gasteiger partial charge in [-0.1, -0.05) is 12.0 Å². The zero-order valence-electron chi connectivity index (χ0n) is 15.5. The molecule has 146 valence electrons. The molecule has 0 N–H and O–H groups in total. The van der Waals surface area contributed by atoms with Crippen molar-refractivity contribution in [1.29, 1.82) is 0 Å². The van der Waals surface area contributed by atoms with Crippen LogP contribution in [0.5, 0.6) is 0 Å². The van der Waals surface area contributed by atoms with Crippen molar-refractivity contribution in [2.45, 2.75) is 31.4 Å². The van der Waals surface area contributed by atoms with E-state index in [0.29, 0.717) is 35.6 Å². The fourth-order valence-corrected chi connectivity index (χ4v) is 4.03. The highest BCUT2D eigenvalue weighted by molar-refractivity contribution is 5.74. The molecule has 3 aromatic heterocycles. The predicted molar refractivity (Wildman–Crippen MR) is 103 cm³/mol. The van der Waals surface area contributed by atoms with Crippen molar-refractivity contribution in [3.05, 3.63) is 64.1 Å². The summed E-state index contributed by atoms with van der Waals surface area (Å²) in [5, 5.41) is 0. The third-order valence-corrected chi connectivity index (χ3v) is 5.38. The second-order valence-electron chi connectivity index (χ2n) is 7.43. The van der Waals surface area contributed by atoms with E-state index < -0.39 is 5.92 Å². The molecule has 0 amide bonds. The zero-order chi connectivity index (χ0) is 20.0. The molecule has 5 heterocycles. The first kappa shape index (κ1) is 17.9. The predicted octanol–water partition coefficient (Wildman–Crippen LogP) is 1.85. The van der Waals surface area contributed by atoms with Gasteiger partial charge in [-0.25, -0.2) is 23.7 Å². The number of halogens is 2. The number of alkyl halides is 2. The molecular weight excluding hydrogens is 376 g/mol. The monoisotopic (exact) mass is 393 g/mol. The van der Waals surface area contributed by atoms with Crippen LogP contribution in [0.3, 0.4) is 0 Å². The van der Waals surface area contributed by atoms with Crippen molar-refractivity contribution in [2.75, 3.05) is 13.1 Å². The summed E-state index contributed by atoms with van der Waals surface area (Å²) in [6.07, 6.45) is 3.41. The lowest BCUT2D eigenvalue weighted by Gasteiger charge is -2.19. The van der Waals surface area contributed by atoms with Crippen molar-refractivity contribution in [2.24, 2.45) is 0 Å².